The molecule has 1 aliphatic carbocycles. The fourth-order valence-electron chi connectivity index (χ4n) is 1.71. The van der Waals surface area contributed by atoms with E-state index in [1.165, 1.54) is 32.1 Å². The molecular formula is C9H17N2S. The summed E-state index contributed by atoms with van der Waals surface area (Å²) in [5.41, 5.74) is 7.02. The smallest absolute Gasteiger partial charge is 0.0908 e. The van der Waals surface area contributed by atoms with E-state index < -0.39 is 0 Å². The summed E-state index contributed by atoms with van der Waals surface area (Å²) >= 11 is 4.93. The van der Waals surface area contributed by atoms with E-state index in [0.717, 1.165) is 12.5 Å². The molecule has 1 radical (unpaired) electrons. The summed E-state index contributed by atoms with van der Waals surface area (Å²) in [6, 6.07) is 0. The Bertz CT molecular complexity index is 141. The molecule has 0 unspecified atom stereocenters. The Morgan fingerprint density at radius 3 is 2.58 bits per heavy atom. The van der Waals surface area contributed by atoms with Crippen LogP contribution in [-0.2, 0) is 0 Å². The van der Waals surface area contributed by atoms with Crippen molar-refractivity contribution < 1.29 is 0 Å². The summed E-state index contributed by atoms with van der Waals surface area (Å²) in [4.78, 5) is 0.695. The SMILES string of the molecule is [NH]CC(=S)NCC1CCCCC1. The minimum Gasteiger partial charge on any atom is -0.378 e. The zero-order chi connectivity index (χ0) is 8.81. The van der Waals surface area contributed by atoms with Crippen LogP contribution in [0.3, 0.4) is 0 Å². The average molecular weight is 185 g/mol. The van der Waals surface area contributed by atoms with Crippen molar-refractivity contribution in [3.63, 3.8) is 0 Å². The number of nitrogens with one attached hydrogen (secondary N) is 2. The lowest BCUT2D eigenvalue weighted by Gasteiger charge is -2.22. The van der Waals surface area contributed by atoms with Crippen LogP contribution in [0, 0.1) is 5.92 Å². The summed E-state index contributed by atoms with van der Waals surface area (Å²) in [6.07, 6.45) is 6.83. The van der Waals surface area contributed by atoms with Crippen molar-refractivity contribution in [2.45, 2.75) is 32.1 Å². The van der Waals surface area contributed by atoms with Crippen molar-refractivity contribution in [1.82, 2.24) is 11.1 Å². The molecule has 0 spiro atoms. The van der Waals surface area contributed by atoms with Crippen LogP contribution in [0.25, 0.3) is 0 Å². The number of hydrogen-bond donors (Lipinski definition) is 1. The predicted octanol–water partition coefficient (Wildman–Crippen LogP) is 1.77. The lowest BCUT2D eigenvalue weighted by Crippen LogP contribution is -2.31. The summed E-state index contributed by atoms with van der Waals surface area (Å²) in [5.74, 6) is 0.809. The van der Waals surface area contributed by atoms with Gasteiger partial charge in [-0.05, 0) is 18.8 Å². The molecule has 0 saturated heterocycles. The van der Waals surface area contributed by atoms with E-state index >= 15 is 0 Å². The van der Waals surface area contributed by atoms with Gasteiger partial charge in [0.15, 0.2) is 0 Å². The van der Waals surface area contributed by atoms with Crippen LogP contribution < -0.4 is 11.1 Å². The van der Waals surface area contributed by atoms with Crippen molar-refractivity contribution in [2.24, 2.45) is 5.92 Å². The first kappa shape index (κ1) is 9.93. The summed E-state index contributed by atoms with van der Waals surface area (Å²) in [5, 5.41) is 3.15. The Labute approximate surface area is 79.9 Å². The summed E-state index contributed by atoms with van der Waals surface area (Å²) < 4.78 is 0. The van der Waals surface area contributed by atoms with Crippen LogP contribution in [0.1, 0.15) is 32.1 Å². The first-order chi connectivity index (χ1) is 5.83. The highest BCUT2D eigenvalue weighted by Crippen LogP contribution is 2.22. The maximum atomic E-state index is 7.02. The van der Waals surface area contributed by atoms with E-state index in [4.69, 9.17) is 18.0 Å². The van der Waals surface area contributed by atoms with Crippen LogP contribution in [0.4, 0.5) is 0 Å². The van der Waals surface area contributed by atoms with Crippen molar-refractivity contribution in [2.75, 3.05) is 13.1 Å². The van der Waals surface area contributed by atoms with E-state index in [0.29, 0.717) is 4.99 Å². The quantitative estimate of drug-likeness (QED) is 0.680. The lowest BCUT2D eigenvalue weighted by atomic mass is 9.89. The first-order valence-electron chi connectivity index (χ1n) is 4.74. The number of rotatable bonds is 3. The van der Waals surface area contributed by atoms with Gasteiger partial charge in [0.05, 0.1) is 11.5 Å². The molecule has 2 nitrogen and oxygen atoms in total. The highest BCUT2D eigenvalue weighted by molar-refractivity contribution is 7.80. The Balaban J connectivity index is 2.09. The van der Waals surface area contributed by atoms with Gasteiger partial charge < -0.3 is 5.32 Å². The molecule has 1 aliphatic rings. The number of hydrogen-bond acceptors (Lipinski definition) is 1. The Morgan fingerprint density at radius 1 is 1.33 bits per heavy atom. The molecule has 0 aromatic rings. The topological polar surface area (TPSA) is 35.8 Å². The minimum absolute atomic E-state index is 0.238. The van der Waals surface area contributed by atoms with Crippen molar-refractivity contribution in [3.05, 3.63) is 0 Å². The fraction of sp³-hybridized carbons (Fsp3) is 0.889. The minimum atomic E-state index is 0.238. The van der Waals surface area contributed by atoms with Gasteiger partial charge in [-0.15, -0.1) is 0 Å². The van der Waals surface area contributed by atoms with E-state index in [1.54, 1.807) is 0 Å². The Hall–Kier alpha value is -0.150. The second kappa shape index (κ2) is 5.49. The van der Waals surface area contributed by atoms with Gasteiger partial charge >= 0.3 is 0 Å². The molecule has 2 N–H and O–H groups in total. The molecule has 0 heterocycles. The average Bonchev–Trinajstić information content (AvgIpc) is 2.16. The standard InChI is InChI=1S/C9H17N2S/c10-6-9(12)11-7-8-4-2-1-3-5-8/h8,10H,1-7H2,(H,11,12). The van der Waals surface area contributed by atoms with Crippen LogP contribution in [0.2, 0.25) is 0 Å². The van der Waals surface area contributed by atoms with Gasteiger partial charge in [-0.3, -0.25) is 5.73 Å². The van der Waals surface area contributed by atoms with E-state index in [-0.39, 0.29) is 6.54 Å². The highest BCUT2D eigenvalue weighted by atomic mass is 32.1. The predicted molar refractivity (Wildman–Crippen MR) is 55.1 cm³/mol. The Kier molecular flexibility index (Phi) is 4.54. The molecule has 1 saturated carbocycles. The maximum Gasteiger partial charge on any atom is 0.0908 e. The monoisotopic (exact) mass is 185 g/mol. The van der Waals surface area contributed by atoms with Crippen LogP contribution in [-0.4, -0.2) is 18.1 Å². The van der Waals surface area contributed by atoms with E-state index in [2.05, 4.69) is 5.32 Å². The largest absolute Gasteiger partial charge is 0.378 e. The van der Waals surface area contributed by atoms with Gasteiger partial charge in [-0.25, -0.2) is 0 Å². The molecule has 0 aromatic carbocycles. The molecule has 0 aliphatic heterocycles. The molecule has 1 fully saturated rings. The van der Waals surface area contributed by atoms with Crippen LogP contribution in [0.5, 0.6) is 0 Å². The zero-order valence-corrected chi connectivity index (χ0v) is 8.25. The van der Waals surface area contributed by atoms with E-state index in [1.807, 2.05) is 0 Å². The molecule has 0 bridgehead atoms. The second-order valence-electron chi connectivity index (χ2n) is 3.48. The summed E-state index contributed by atoms with van der Waals surface area (Å²) in [6.45, 7) is 1.24. The zero-order valence-electron chi connectivity index (χ0n) is 7.44. The molecule has 0 aromatic heterocycles. The molecule has 3 heteroatoms. The van der Waals surface area contributed by atoms with Crippen LogP contribution in [0.15, 0.2) is 0 Å². The Morgan fingerprint density at radius 2 is 2.00 bits per heavy atom. The van der Waals surface area contributed by atoms with Gasteiger partial charge in [0.2, 0.25) is 0 Å². The molecule has 0 amide bonds. The maximum absolute atomic E-state index is 7.02. The van der Waals surface area contributed by atoms with Crippen LogP contribution >= 0.6 is 12.2 Å². The van der Waals surface area contributed by atoms with Gasteiger partial charge in [0.25, 0.3) is 0 Å². The normalized spacial score (nSPS) is 19.1. The summed E-state index contributed by atoms with van der Waals surface area (Å²) in [7, 11) is 0. The van der Waals surface area contributed by atoms with Gasteiger partial charge in [0, 0.05) is 6.54 Å². The lowest BCUT2D eigenvalue weighted by molar-refractivity contribution is 0.357. The van der Waals surface area contributed by atoms with Crippen molar-refractivity contribution >= 4 is 17.2 Å². The number of thiocarbonyl (C=S) groups is 1. The molecule has 0 atom stereocenters. The molecular weight excluding hydrogens is 168 g/mol. The van der Waals surface area contributed by atoms with E-state index in [9.17, 15) is 0 Å². The molecule has 69 valence electrons. The van der Waals surface area contributed by atoms with Gasteiger partial charge in [-0.2, -0.15) is 0 Å². The van der Waals surface area contributed by atoms with Crippen molar-refractivity contribution in [1.29, 1.82) is 0 Å². The first-order valence-corrected chi connectivity index (χ1v) is 5.15. The third-order valence-electron chi connectivity index (χ3n) is 2.47. The highest BCUT2D eigenvalue weighted by Gasteiger charge is 2.12. The molecule has 12 heavy (non-hydrogen) atoms. The van der Waals surface area contributed by atoms with Gasteiger partial charge in [0.1, 0.15) is 0 Å². The molecule has 1 rings (SSSR count). The second-order valence-corrected chi connectivity index (χ2v) is 3.98. The fourth-order valence-corrected chi connectivity index (χ4v) is 1.80. The third-order valence-corrected chi connectivity index (χ3v) is 2.76. The van der Waals surface area contributed by atoms with Gasteiger partial charge in [-0.1, -0.05) is 31.5 Å². The van der Waals surface area contributed by atoms with Crippen molar-refractivity contribution in [3.8, 4) is 0 Å². The third kappa shape index (κ3) is 3.50.